The second-order valence-electron chi connectivity index (χ2n) is 3.86. The van der Waals surface area contributed by atoms with Crippen LogP contribution in [0.2, 0.25) is 0 Å². The second-order valence-corrected chi connectivity index (χ2v) is 4.36. The lowest BCUT2D eigenvalue weighted by atomic mass is 9.94. The summed E-state index contributed by atoms with van der Waals surface area (Å²) in [6, 6.07) is 0. The summed E-state index contributed by atoms with van der Waals surface area (Å²) in [6.45, 7) is 1.92. The first-order valence-corrected chi connectivity index (χ1v) is 5.08. The molecule has 0 aliphatic heterocycles. The highest BCUT2D eigenvalue weighted by molar-refractivity contribution is 6.21. The van der Waals surface area contributed by atoms with Crippen molar-refractivity contribution >= 4 is 17.6 Å². The van der Waals surface area contributed by atoms with Crippen molar-refractivity contribution < 1.29 is 9.53 Å². The number of carbonyl (C=O) groups is 1. The summed E-state index contributed by atoms with van der Waals surface area (Å²) in [7, 11) is 0. The quantitative estimate of drug-likeness (QED) is 0.387. The number of alkyl halides is 1. The zero-order valence-electron chi connectivity index (χ0n) is 7.57. The zero-order chi connectivity index (χ0) is 9.42. The molecule has 72 valence electrons. The molecular formula is C10H13ClO2. The van der Waals surface area contributed by atoms with E-state index in [0.717, 1.165) is 6.42 Å². The van der Waals surface area contributed by atoms with Crippen molar-refractivity contribution in [1.82, 2.24) is 0 Å². The molecule has 2 nitrogen and oxygen atoms in total. The number of ether oxygens (including phenoxy) is 1. The number of rotatable bonds is 2. The van der Waals surface area contributed by atoms with Crippen LogP contribution in [0.3, 0.4) is 0 Å². The van der Waals surface area contributed by atoms with Crippen LogP contribution in [0.5, 0.6) is 0 Å². The van der Waals surface area contributed by atoms with Gasteiger partial charge in [0, 0.05) is 18.2 Å². The Bertz CT molecular complexity index is 249. The predicted molar refractivity (Wildman–Crippen MR) is 50.5 cm³/mol. The van der Waals surface area contributed by atoms with Crippen LogP contribution in [0.25, 0.3) is 0 Å². The Kier molecular flexibility index (Phi) is 2.33. The van der Waals surface area contributed by atoms with E-state index in [1.54, 1.807) is 0 Å². The van der Waals surface area contributed by atoms with Gasteiger partial charge in [-0.05, 0) is 18.3 Å². The molecular weight excluding hydrogens is 188 g/mol. The normalized spacial score (nSPS) is 41.1. The number of fused-ring (bicyclic) bond motifs is 2. The highest BCUT2D eigenvalue weighted by Gasteiger charge is 2.43. The van der Waals surface area contributed by atoms with E-state index in [1.807, 2.05) is 0 Å². The molecule has 1 fully saturated rings. The van der Waals surface area contributed by atoms with Crippen LogP contribution in [0.15, 0.2) is 12.2 Å². The molecule has 0 N–H and O–H groups in total. The van der Waals surface area contributed by atoms with Crippen molar-refractivity contribution in [1.29, 1.82) is 0 Å². The number of halogens is 1. The standard InChI is InChI=1S/C10H13ClO2/c1-6(12)13-5-9-7-2-3-8(4-7)10(9)11/h2-3,7-10H,4-5H2,1H3. The SMILES string of the molecule is CC(=O)OCC1C2C=CC(C2)C1Cl. The first-order chi connectivity index (χ1) is 6.18. The van der Waals surface area contributed by atoms with E-state index in [-0.39, 0.29) is 11.3 Å². The summed E-state index contributed by atoms with van der Waals surface area (Å²) >= 11 is 6.22. The average molecular weight is 201 g/mol. The smallest absolute Gasteiger partial charge is 0.302 e. The molecule has 0 aromatic rings. The van der Waals surface area contributed by atoms with Gasteiger partial charge in [0.15, 0.2) is 0 Å². The topological polar surface area (TPSA) is 26.3 Å². The minimum Gasteiger partial charge on any atom is -0.466 e. The Hall–Kier alpha value is -0.500. The monoisotopic (exact) mass is 200 g/mol. The van der Waals surface area contributed by atoms with Gasteiger partial charge in [-0.25, -0.2) is 0 Å². The van der Waals surface area contributed by atoms with Crippen LogP contribution in [0.4, 0.5) is 0 Å². The van der Waals surface area contributed by atoms with E-state index < -0.39 is 0 Å². The highest BCUT2D eigenvalue weighted by Crippen LogP contribution is 2.46. The average Bonchev–Trinajstić information content (AvgIpc) is 2.61. The van der Waals surface area contributed by atoms with Gasteiger partial charge < -0.3 is 4.74 Å². The molecule has 4 unspecified atom stereocenters. The predicted octanol–water partition coefficient (Wildman–Crippen LogP) is 1.98. The van der Waals surface area contributed by atoms with Gasteiger partial charge >= 0.3 is 5.97 Å². The maximum Gasteiger partial charge on any atom is 0.302 e. The van der Waals surface area contributed by atoms with Gasteiger partial charge in [0.05, 0.1) is 6.61 Å². The number of hydrogen-bond donors (Lipinski definition) is 0. The highest BCUT2D eigenvalue weighted by atomic mass is 35.5. The summed E-state index contributed by atoms with van der Waals surface area (Å²) in [4.78, 5) is 10.6. The lowest BCUT2D eigenvalue weighted by Crippen LogP contribution is -2.25. The van der Waals surface area contributed by atoms with Gasteiger partial charge in [-0.2, -0.15) is 0 Å². The fourth-order valence-electron chi connectivity index (χ4n) is 2.29. The Labute approximate surface area is 82.9 Å². The molecule has 1 saturated carbocycles. The van der Waals surface area contributed by atoms with Gasteiger partial charge in [0.25, 0.3) is 0 Å². The van der Waals surface area contributed by atoms with Crippen LogP contribution in [0, 0.1) is 17.8 Å². The summed E-state index contributed by atoms with van der Waals surface area (Å²) in [5.74, 6) is 1.16. The minimum atomic E-state index is -0.212. The van der Waals surface area contributed by atoms with Crippen molar-refractivity contribution in [3.8, 4) is 0 Å². The molecule has 2 bridgehead atoms. The van der Waals surface area contributed by atoms with E-state index in [2.05, 4.69) is 12.2 Å². The van der Waals surface area contributed by atoms with Crippen LogP contribution in [-0.2, 0) is 9.53 Å². The summed E-state index contributed by atoms with van der Waals surface area (Å²) < 4.78 is 4.99. The first-order valence-electron chi connectivity index (χ1n) is 4.64. The molecule has 4 atom stereocenters. The lowest BCUT2D eigenvalue weighted by molar-refractivity contribution is -0.142. The third-order valence-corrected chi connectivity index (χ3v) is 3.64. The van der Waals surface area contributed by atoms with Crippen LogP contribution in [-0.4, -0.2) is 18.0 Å². The molecule has 0 amide bonds. The van der Waals surface area contributed by atoms with Crippen molar-refractivity contribution in [2.75, 3.05) is 6.61 Å². The van der Waals surface area contributed by atoms with E-state index in [9.17, 15) is 4.79 Å². The maximum absolute atomic E-state index is 10.6. The number of esters is 1. The van der Waals surface area contributed by atoms with E-state index in [0.29, 0.717) is 24.4 Å². The van der Waals surface area contributed by atoms with Gasteiger partial charge in [-0.15, -0.1) is 11.6 Å². The Morgan fingerprint density at radius 2 is 2.23 bits per heavy atom. The minimum absolute atomic E-state index is 0.161. The maximum atomic E-state index is 10.6. The third kappa shape index (κ3) is 1.60. The van der Waals surface area contributed by atoms with Crippen molar-refractivity contribution in [2.24, 2.45) is 17.8 Å². The molecule has 0 heterocycles. The number of hydrogen-bond acceptors (Lipinski definition) is 2. The molecule has 0 radical (unpaired) electrons. The lowest BCUT2D eigenvalue weighted by Gasteiger charge is -2.22. The summed E-state index contributed by atoms with van der Waals surface area (Å²) in [5, 5.41) is 0.161. The molecule has 2 aliphatic rings. The summed E-state index contributed by atoms with van der Waals surface area (Å²) in [6.07, 6.45) is 5.53. The molecule has 2 aliphatic carbocycles. The molecule has 2 rings (SSSR count). The van der Waals surface area contributed by atoms with Crippen molar-refractivity contribution in [3.05, 3.63) is 12.2 Å². The Morgan fingerprint density at radius 3 is 2.77 bits per heavy atom. The zero-order valence-corrected chi connectivity index (χ0v) is 8.33. The largest absolute Gasteiger partial charge is 0.466 e. The molecule has 0 aromatic carbocycles. The van der Waals surface area contributed by atoms with Crippen molar-refractivity contribution in [2.45, 2.75) is 18.7 Å². The third-order valence-electron chi connectivity index (χ3n) is 3.00. The molecule has 0 spiro atoms. The van der Waals surface area contributed by atoms with Gasteiger partial charge in [-0.3, -0.25) is 4.79 Å². The van der Waals surface area contributed by atoms with Gasteiger partial charge in [0.2, 0.25) is 0 Å². The number of allylic oxidation sites excluding steroid dienone is 2. The van der Waals surface area contributed by atoms with E-state index >= 15 is 0 Å². The molecule has 0 saturated heterocycles. The number of carbonyl (C=O) groups excluding carboxylic acids is 1. The van der Waals surface area contributed by atoms with E-state index in [1.165, 1.54) is 6.92 Å². The Morgan fingerprint density at radius 1 is 1.54 bits per heavy atom. The van der Waals surface area contributed by atoms with E-state index in [4.69, 9.17) is 16.3 Å². The van der Waals surface area contributed by atoms with Gasteiger partial charge in [0.1, 0.15) is 0 Å². The Balaban J connectivity index is 1.93. The van der Waals surface area contributed by atoms with Crippen LogP contribution < -0.4 is 0 Å². The molecule has 3 heteroatoms. The summed E-state index contributed by atoms with van der Waals surface area (Å²) in [5.41, 5.74) is 0. The van der Waals surface area contributed by atoms with Gasteiger partial charge in [-0.1, -0.05) is 12.2 Å². The molecule has 13 heavy (non-hydrogen) atoms. The van der Waals surface area contributed by atoms with Crippen LogP contribution in [0.1, 0.15) is 13.3 Å². The van der Waals surface area contributed by atoms with Crippen LogP contribution >= 0.6 is 11.6 Å². The first kappa shape index (κ1) is 9.07. The fraction of sp³-hybridized carbons (Fsp3) is 0.700. The fourth-order valence-corrected chi connectivity index (χ4v) is 2.74. The second kappa shape index (κ2) is 3.33. The van der Waals surface area contributed by atoms with Crippen molar-refractivity contribution in [3.63, 3.8) is 0 Å². The molecule has 0 aromatic heterocycles.